The number of H-pyrrole nitrogens is 1. The second-order valence-electron chi connectivity index (χ2n) is 13.5. The van der Waals surface area contributed by atoms with Crippen LogP contribution in [0.2, 0.25) is 0 Å². The quantitative estimate of drug-likeness (QED) is 0.0593. The van der Waals surface area contributed by atoms with Crippen LogP contribution in [-0.2, 0) is 51.2 Å². The normalized spacial score (nSPS) is 16.5. The first-order chi connectivity index (χ1) is 26.1. The van der Waals surface area contributed by atoms with E-state index in [1.807, 2.05) is 0 Å². The lowest BCUT2D eigenvalue weighted by molar-refractivity contribution is -0.150. The Labute approximate surface area is 316 Å². The molecule has 7 amide bonds. The van der Waals surface area contributed by atoms with Gasteiger partial charge in [0.25, 0.3) is 0 Å². The third kappa shape index (κ3) is 13.5. The van der Waals surface area contributed by atoms with E-state index >= 15 is 0 Å². The van der Waals surface area contributed by atoms with Crippen molar-refractivity contribution in [2.75, 3.05) is 19.7 Å². The van der Waals surface area contributed by atoms with Crippen LogP contribution < -0.4 is 38.1 Å². The molecule has 55 heavy (non-hydrogen) atoms. The number of aliphatic hydroxyl groups is 1. The van der Waals surface area contributed by atoms with Crippen LogP contribution in [0.25, 0.3) is 0 Å². The van der Waals surface area contributed by atoms with E-state index in [-0.39, 0.29) is 38.6 Å². The van der Waals surface area contributed by atoms with Crippen LogP contribution in [0.4, 0.5) is 0 Å². The number of carboxylic acids is 1. The Balaban J connectivity index is 1.64. The van der Waals surface area contributed by atoms with Gasteiger partial charge in [0.15, 0.2) is 0 Å². The van der Waals surface area contributed by atoms with Crippen molar-refractivity contribution in [1.29, 1.82) is 0 Å². The van der Waals surface area contributed by atoms with Gasteiger partial charge in [-0.2, -0.15) is 0 Å². The van der Waals surface area contributed by atoms with Gasteiger partial charge in [-0.05, 0) is 37.2 Å². The maximum atomic E-state index is 13.6. The predicted octanol–water partition coefficient (Wildman–Crippen LogP) is -3.43. The summed E-state index contributed by atoms with van der Waals surface area (Å²) in [7, 11) is 0. The maximum absolute atomic E-state index is 13.6. The van der Waals surface area contributed by atoms with Crippen LogP contribution in [0.15, 0.2) is 42.9 Å². The van der Waals surface area contributed by atoms with Gasteiger partial charge >= 0.3 is 5.97 Å². The van der Waals surface area contributed by atoms with Gasteiger partial charge in [0.1, 0.15) is 30.2 Å². The van der Waals surface area contributed by atoms with Crippen molar-refractivity contribution >= 4 is 47.3 Å². The van der Waals surface area contributed by atoms with Crippen LogP contribution in [0.1, 0.15) is 50.8 Å². The lowest BCUT2D eigenvalue weighted by Gasteiger charge is -2.30. The summed E-state index contributed by atoms with van der Waals surface area (Å²) < 4.78 is 0. The molecule has 0 radical (unpaired) electrons. The topological polar surface area (TPSA) is 321 Å². The number of aromatic nitrogens is 2. The zero-order valence-corrected chi connectivity index (χ0v) is 30.7. The number of nitrogens with zero attached hydrogens (tertiary/aromatic N) is 2. The van der Waals surface area contributed by atoms with Gasteiger partial charge in [0.05, 0.1) is 31.2 Å². The van der Waals surface area contributed by atoms with Crippen molar-refractivity contribution in [2.45, 2.75) is 88.6 Å². The summed E-state index contributed by atoms with van der Waals surface area (Å²) in [4.78, 5) is 110. The molecule has 2 heterocycles. The van der Waals surface area contributed by atoms with Crippen LogP contribution in [-0.4, -0.2) is 128 Å². The van der Waals surface area contributed by atoms with Gasteiger partial charge in [-0.25, -0.2) is 9.78 Å². The smallest absolute Gasteiger partial charge is 0.326 e. The molecule has 1 saturated heterocycles. The number of likely N-dealkylation sites (tertiary alicyclic amines) is 1. The number of rotatable bonds is 21. The maximum Gasteiger partial charge on any atom is 0.326 e. The Kier molecular flexibility index (Phi) is 16.7. The van der Waals surface area contributed by atoms with Crippen molar-refractivity contribution in [1.82, 2.24) is 41.5 Å². The first-order valence-corrected chi connectivity index (χ1v) is 17.8. The SMILES string of the molecule is CC(C)[C@H](NC(=O)[C@H](Cc1c[nH]cn1)NC(=O)[C@H](CO)NC(=O)CNC(=O)[C@H](CCC(N)=O)NC(=O)[C@@H](N)Cc1ccccc1)C(=O)N1CCC[C@H]1C(=O)O. The van der Waals surface area contributed by atoms with Crippen molar-refractivity contribution < 1.29 is 48.6 Å². The number of aliphatic carboxylic acids is 1. The summed E-state index contributed by atoms with van der Waals surface area (Å²) in [6.45, 7) is 1.90. The van der Waals surface area contributed by atoms with E-state index in [1.165, 1.54) is 17.4 Å². The summed E-state index contributed by atoms with van der Waals surface area (Å²) in [5, 5.41) is 31.7. The summed E-state index contributed by atoms with van der Waals surface area (Å²) in [6.07, 6.45) is 3.09. The number of hydrogen-bond acceptors (Lipinski definition) is 11. The molecule has 1 aromatic heterocycles. The molecule has 3 rings (SSSR count). The van der Waals surface area contributed by atoms with Crippen molar-refractivity contribution in [2.24, 2.45) is 17.4 Å². The number of primary amides is 1. The van der Waals surface area contributed by atoms with Gasteiger partial charge < -0.3 is 58.1 Å². The average Bonchev–Trinajstić information content (AvgIpc) is 3.86. The highest BCUT2D eigenvalue weighted by atomic mass is 16.4. The molecule has 0 aliphatic carbocycles. The molecule has 1 fully saturated rings. The molecule has 1 aromatic carbocycles. The molecule has 2 aromatic rings. The number of aromatic amines is 1. The number of aliphatic hydroxyl groups excluding tert-OH is 1. The number of hydrogen-bond donors (Lipinski definition) is 10. The number of nitrogens with two attached hydrogens (primary N) is 2. The monoisotopic (exact) mass is 770 g/mol. The second-order valence-corrected chi connectivity index (χ2v) is 13.5. The molecule has 20 nitrogen and oxygen atoms in total. The van der Waals surface area contributed by atoms with Gasteiger partial charge in [-0.3, -0.25) is 33.6 Å². The van der Waals surface area contributed by atoms with E-state index in [4.69, 9.17) is 11.5 Å². The molecule has 6 atom stereocenters. The fourth-order valence-electron chi connectivity index (χ4n) is 5.85. The van der Waals surface area contributed by atoms with E-state index in [0.29, 0.717) is 12.1 Å². The molecule has 300 valence electrons. The molecular weight excluding hydrogens is 720 g/mol. The zero-order valence-electron chi connectivity index (χ0n) is 30.7. The first kappa shape index (κ1) is 43.5. The van der Waals surface area contributed by atoms with E-state index < -0.39 is 103 Å². The van der Waals surface area contributed by atoms with E-state index in [9.17, 15) is 48.6 Å². The van der Waals surface area contributed by atoms with Crippen molar-refractivity contribution in [3.63, 3.8) is 0 Å². The molecular formula is C35H50N10O10. The largest absolute Gasteiger partial charge is 0.480 e. The Bertz CT molecular complexity index is 1660. The number of nitrogens with one attached hydrogen (secondary N) is 6. The molecule has 1 aliphatic heterocycles. The summed E-state index contributed by atoms with van der Waals surface area (Å²) in [5.74, 6) is -7.22. The second kappa shape index (κ2) is 21.1. The minimum Gasteiger partial charge on any atom is -0.480 e. The van der Waals surface area contributed by atoms with Crippen LogP contribution in [0, 0.1) is 5.92 Å². The van der Waals surface area contributed by atoms with Crippen LogP contribution in [0.5, 0.6) is 0 Å². The number of amides is 7. The Morgan fingerprint density at radius 1 is 0.909 bits per heavy atom. The lowest BCUT2D eigenvalue weighted by atomic mass is 10.0. The molecule has 0 spiro atoms. The van der Waals surface area contributed by atoms with Gasteiger partial charge in [-0.15, -0.1) is 0 Å². The molecule has 12 N–H and O–H groups in total. The van der Waals surface area contributed by atoms with Gasteiger partial charge in [-0.1, -0.05) is 44.2 Å². The third-order valence-corrected chi connectivity index (χ3v) is 8.86. The van der Waals surface area contributed by atoms with E-state index in [1.54, 1.807) is 44.2 Å². The molecule has 20 heteroatoms. The summed E-state index contributed by atoms with van der Waals surface area (Å²) in [5.41, 5.74) is 12.4. The van der Waals surface area contributed by atoms with E-state index in [0.717, 1.165) is 5.56 Å². The minimum absolute atomic E-state index is 0.163. The van der Waals surface area contributed by atoms with Crippen LogP contribution >= 0.6 is 0 Å². The standard InChI is InChI=1S/C35H50N10O10/c1-19(2)29(34(53)45-12-6-9-26(45)35(54)55)44-32(51)24(14-21-15-38-18-40-21)43-33(52)25(17-46)41-28(48)16-39-31(50)23(10-11-27(37)47)42-30(49)22(36)13-20-7-4-3-5-8-20/h3-5,7-8,15,18-19,22-26,29,46H,6,9-14,16-17,36H2,1-2H3,(H2,37,47)(H,38,40)(H,39,50)(H,41,48)(H,42,49)(H,43,52)(H,44,51)(H,54,55)/t22-,23-,24-,25-,26-,29-/m0/s1. The average molecular weight is 771 g/mol. The zero-order chi connectivity index (χ0) is 40.7. The Morgan fingerprint density at radius 3 is 2.18 bits per heavy atom. The lowest BCUT2D eigenvalue weighted by Crippen LogP contribution is -2.60. The minimum atomic E-state index is -1.61. The highest BCUT2D eigenvalue weighted by Gasteiger charge is 2.39. The molecule has 0 bridgehead atoms. The van der Waals surface area contributed by atoms with E-state index in [2.05, 4.69) is 36.6 Å². The Hall–Kier alpha value is -5.89. The first-order valence-electron chi connectivity index (χ1n) is 17.8. The van der Waals surface area contributed by atoms with Gasteiger partial charge in [0, 0.05) is 25.6 Å². The van der Waals surface area contributed by atoms with Gasteiger partial charge in [0.2, 0.25) is 41.4 Å². The highest BCUT2D eigenvalue weighted by Crippen LogP contribution is 2.20. The molecule has 0 unspecified atom stereocenters. The summed E-state index contributed by atoms with van der Waals surface area (Å²) >= 11 is 0. The fraction of sp³-hybridized carbons (Fsp3) is 0.514. The Morgan fingerprint density at radius 2 is 1.58 bits per heavy atom. The predicted molar refractivity (Wildman–Crippen MR) is 194 cm³/mol. The number of imidazole rings is 1. The third-order valence-electron chi connectivity index (χ3n) is 8.86. The van der Waals surface area contributed by atoms with Crippen molar-refractivity contribution in [3.05, 3.63) is 54.1 Å². The number of carbonyl (C=O) groups excluding carboxylic acids is 7. The fourth-order valence-corrected chi connectivity index (χ4v) is 5.85. The van der Waals surface area contributed by atoms with Crippen LogP contribution in [0.3, 0.4) is 0 Å². The van der Waals surface area contributed by atoms with Crippen molar-refractivity contribution in [3.8, 4) is 0 Å². The highest BCUT2D eigenvalue weighted by molar-refractivity contribution is 5.96. The number of carbonyl (C=O) groups is 8. The molecule has 1 aliphatic rings. The summed E-state index contributed by atoms with van der Waals surface area (Å²) in [6, 6.07) is 1.41. The number of benzene rings is 1. The number of carboxylic acid groups (broad SMARTS) is 1. The molecule has 0 saturated carbocycles.